The summed E-state index contributed by atoms with van der Waals surface area (Å²) in [5.41, 5.74) is 9.52. The second kappa shape index (κ2) is 9.44. The Balaban J connectivity index is 1.49. The van der Waals surface area contributed by atoms with Gasteiger partial charge in [0.15, 0.2) is 0 Å². The number of carbonyl (C=O) groups excluding carboxylic acids is 1. The molecule has 7 atom stereocenters. The average Bonchev–Trinajstić information content (AvgIpc) is 3.28. The highest BCUT2D eigenvalue weighted by atomic mass is 19.1. The molecule has 2 aromatic carbocycles. The number of hydrogen-bond donors (Lipinski definition) is 1. The Morgan fingerprint density at radius 3 is 2.15 bits per heavy atom. The van der Waals surface area contributed by atoms with Gasteiger partial charge in [0, 0.05) is 17.4 Å². The largest absolute Gasteiger partial charge is 0.369 e. The summed E-state index contributed by atoms with van der Waals surface area (Å²) in [5, 5.41) is 10.1. The van der Waals surface area contributed by atoms with Gasteiger partial charge in [0.1, 0.15) is 11.6 Å². The highest BCUT2D eigenvalue weighted by Gasteiger charge is 2.61. The highest BCUT2D eigenvalue weighted by molar-refractivity contribution is 5.78. The first-order chi connectivity index (χ1) is 18.7. The van der Waals surface area contributed by atoms with E-state index in [2.05, 4.69) is 32.1 Å². The third kappa shape index (κ3) is 3.98. The van der Waals surface area contributed by atoms with Crippen molar-refractivity contribution in [3.05, 3.63) is 94.6 Å². The van der Waals surface area contributed by atoms with E-state index in [0.29, 0.717) is 24.2 Å². The minimum atomic E-state index is -0.292. The predicted molar refractivity (Wildman–Crippen MR) is 147 cm³/mol. The molecule has 1 unspecified atom stereocenters. The summed E-state index contributed by atoms with van der Waals surface area (Å²) in [5.74, 6) is 0.325. The molecule has 1 amide bonds. The first-order valence-corrected chi connectivity index (χ1v) is 14.3. The number of fused-ring (bicyclic) bond motifs is 5. The van der Waals surface area contributed by atoms with Crippen molar-refractivity contribution in [3.8, 4) is 6.07 Å². The van der Waals surface area contributed by atoms with Gasteiger partial charge < -0.3 is 5.73 Å². The topological polar surface area (TPSA) is 66.9 Å². The molecule has 5 heteroatoms. The van der Waals surface area contributed by atoms with E-state index in [1.807, 2.05) is 24.3 Å². The van der Waals surface area contributed by atoms with Gasteiger partial charge in [0.25, 0.3) is 0 Å². The molecule has 4 aliphatic rings. The number of nitrogens with zero attached hydrogens (tertiary/aromatic N) is 1. The molecule has 2 aromatic rings. The molecule has 2 saturated carbocycles. The maximum Gasteiger partial charge on any atom is 0.221 e. The van der Waals surface area contributed by atoms with E-state index in [9.17, 15) is 18.8 Å². The van der Waals surface area contributed by atoms with Crippen LogP contribution in [0.2, 0.25) is 0 Å². The fraction of sp³-hybridized carbons (Fsp3) is 0.471. The molecule has 6 rings (SSSR count). The molecule has 0 radical (unpaired) electrons. The minimum Gasteiger partial charge on any atom is -0.369 e. The number of rotatable bonds is 4. The Morgan fingerprint density at radius 2 is 1.59 bits per heavy atom. The van der Waals surface area contributed by atoms with E-state index in [1.165, 1.54) is 29.8 Å². The maximum atomic E-state index is 14.0. The van der Waals surface area contributed by atoms with Crippen LogP contribution < -0.4 is 5.73 Å². The summed E-state index contributed by atoms with van der Waals surface area (Å²) < 4.78 is 28.1. The van der Waals surface area contributed by atoms with Gasteiger partial charge in [-0.15, -0.1) is 0 Å². The van der Waals surface area contributed by atoms with Gasteiger partial charge in [-0.1, -0.05) is 44.2 Å². The molecular weight excluding hydrogens is 490 g/mol. The monoisotopic (exact) mass is 526 g/mol. The van der Waals surface area contributed by atoms with Gasteiger partial charge in [0.05, 0.1) is 6.07 Å². The lowest BCUT2D eigenvalue weighted by Crippen LogP contribution is -2.53. The van der Waals surface area contributed by atoms with Crippen LogP contribution in [-0.2, 0) is 4.79 Å². The van der Waals surface area contributed by atoms with Crippen LogP contribution in [0, 0.1) is 63.4 Å². The molecule has 0 aliphatic heterocycles. The zero-order valence-corrected chi connectivity index (χ0v) is 22.7. The number of halogens is 2. The summed E-state index contributed by atoms with van der Waals surface area (Å²) in [6.07, 6.45) is 9.86. The molecule has 39 heavy (non-hydrogen) atoms. The Morgan fingerprint density at radius 1 is 0.974 bits per heavy atom. The number of benzene rings is 2. The van der Waals surface area contributed by atoms with Gasteiger partial charge in [-0.2, -0.15) is 5.26 Å². The molecule has 0 aromatic heterocycles. The van der Waals surface area contributed by atoms with Gasteiger partial charge in [0.2, 0.25) is 5.91 Å². The van der Waals surface area contributed by atoms with Crippen molar-refractivity contribution in [3.63, 3.8) is 0 Å². The van der Waals surface area contributed by atoms with Gasteiger partial charge in [-0.25, -0.2) is 8.78 Å². The molecule has 0 bridgehead atoms. The number of amides is 1. The fourth-order valence-electron chi connectivity index (χ4n) is 9.46. The summed E-state index contributed by atoms with van der Waals surface area (Å²) in [4.78, 5) is 12.4. The zero-order valence-electron chi connectivity index (χ0n) is 22.7. The first-order valence-electron chi connectivity index (χ1n) is 14.3. The number of hydrogen-bond acceptors (Lipinski definition) is 2. The van der Waals surface area contributed by atoms with E-state index in [1.54, 1.807) is 0 Å². The van der Waals surface area contributed by atoms with Crippen molar-refractivity contribution in [2.75, 3.05) is 0 Å². The standard InChI is InChI=1S/C34H36F2N2O/c1-33-16-15-28-26(27(33)13-14-29(33)32(38)39)12-7-23-17-20(19-37)18-30(34(23,28)2)31(21-3-8-24(35)9-4-21)22-5-10-25(36)11-6-22/h3-11,17,26-31H,12-16,18H2,1-2H3,(H2,38,39)/t26-,27-,28-,29+,30?,33-,34-/m0/s1. The third-order valence-electron chi connectivity index (χ3n) is 11.3. The van der Waals surface area contributed by atoms with Crippen LogP contribution in [0.4, 0.5) is 8.78 Å². The highest BCUT2D eigenvalue weighted by Crippen LogP contribution is 2.68. The quantitative estimate of drug-likeness (QED) is 0.450. The third-order valence-corrected chi connectivity index (χ3v) is 11.3. The second-order valence-electron chi connectivity index (χ2n) is 12.8. The predicted octanol–water partition coefficient (Wildman–Crippen LogP) is 7.45. The van der Waals surface area contributed by atoms with Crippen LogP contribution in [0.1, 0.15) is 69.4 Å². The SMILES string of the molecule is C[C@]12CC[C@H]3[C@@H](CC=C4C=C(C#N)CC(C(c5ccc(F)cc5)c5ccc(F)cc5)[C@@]43C)[C@@H]1CC[C@@H]2C(N)=O. The van der Waals surface area contributed by atoms with Crippen molar-refractivity contribution in [2.24, 2.45) is 46.2 Å². The molecule has 3 nitrogen and oxygen atoms in total. The lowest BCUT2D eigenvalue weighted by atomic mass is 9.44. The Bertz CT molecular complexity index is 1340. The Hall–Kier alpha value is -3.26. The van der Waals surface area contributed by atoms with Crippen LogP contribution in [-0.4, -0.2) is 5.91 Å². The minimum absolute atomic E-state index is 0.0322. The molecular formula is C34H36F2N2O. The second-order valence-corrected chi connectivity index (χ2v) is 12.8. The van der Waals surface area contributed by atoms with Gasteiger partial charge >= 0.3 is 0 Å². The molecule has 0 spiro atoms. The average molecular weight is 527 g/mol. The molecule has 2 N–H and O–H groups in total. The lowest BCUT2D eigenvalue weighted by Gasteiger charge is -2.60. The summed E-state index contributed by atoms with van der Waals surface area (Å²) in [7, 11) is 0. The molecule has 202 valence electrons. The smallest absolute Gasteiger partial charge is 0.221 e. The fourth-order valence-corrected chi connectivity index (χ4v) is 9.46. The van der Waals surface area contributed by atoms with E-state index in [4.69, 9.17) is 5.73 Å². The van der Waals surface area contributed by atoms with Crippen molar-refractivity contribution >= 4 is 5.91 Å². The summed E-state index contributed by atoms with van der Waals surface area (Å²) in [6, 6.07) is 15.8. The molecule has 4 aliphatic carbocycles. The number of nitrogens with two attached hydrogens (primary N) is 1. The van der Waals surface area contributed by atoms with Crippen LogP contribution in [0.15, 0.2) is 71.8 Å². The van der Waals surface area contributed by atoms with Crippen LogP contribution in [0.25, 0.3) is 0 Å². The zero-order chi connectivity index (χ0) is 27.5. The number of nitriles is 1. The van der Waals surface area contributed by atoms with E-state index in [0.717, 1.165) is 48.8 Å². The molecule has 0 saturated heterocycles. The van der Waals surface area contributed by atoms with Crippen molar-refractivity contribution in [2.45, 2.75) is 58.3 Å². The van der Waals surface area contributed by atoms with Crippen molar-refractivity contribution < 1.29 is 13.6 Å². The van der Waals surface area contributed by atoms with Crippen molar-refractivity contribution in [1.29, 1.82) is 5.26 Å². The lowest BCUT2D eigenvalue weighted by molar-refractivity contribution is -0.128. The number of allylic oxidation sites excluding steroid dienone is 4. The molecule has 2 fully saturated rings. The van der Waals surface area contributed by atoms with E-state index in [-0.39, 0.29) is 46.1 Å². The summed E-state index contributed by atoms with van der Waals surface area (Å²) in [6.45, 7) is 4.65. The van der Waals surface area contributed by atoms with Gasteiger partial charge in [-0.3, -0.25) is 4.79 Å². The molecule has 0 heterocycles. The number of carbonyl (C=O) groups is 1. The normalized spacial score (nSPS) is 35.2. The van der Waals surface area contributed by atoms with Crippen LogP contribution in [0.5, 0.6) is 0 Å². The van der Waals surface area contributed by atoms with Crippen molar-refractivity contribution in [1.82, 2.24) is 0 Å². The van der Waals surface area contributed by atoms with E-state index >= 15 is 0 Å². The Kier molecular flexibility index (Phi) is 6.29. The van der Waals surface area contributed by atoms with Crippen LogP contribution in [0.3, 0.4) is 0 Å². The first kappa shape index (κ1) is 26.0. The van der Waals surface area contributed by atoms with E-state index < -0.39 is 0 Å². The van der Waals surface area contributed by atoms with Gasteiger partial charge in [-0.05, 0) is 120 Å². The maximum absolute atomic E-state index is 14.0. The summed E-state index contributed by atoms with van der Waals surface area (Å²) >= 11 is 0. The Labute approximate surface area is 229 Å². The van der Waals surface area contributed by atoms with Crippen LogP contribution >= 0.6 is 0 Å². The number of primary amides is 1.